The maximum atomic E-state index is 12.4. The third-order valence-electron chi connectivity index (χ3n) is 1.73. The molecule has 0 radical (unpaired) electrons. The van der Waals surface area contributed by atoms with Gasteiger partial charge in [-0.3, -0.25) is 9.11 Å². The first-order valence-electron chi connectivity index (χ1n) is 4.56. The Morgan fingerprint density at radius 1 is 1.11 bits per heavy atom. The minimum Gasteiger partial charge on any atom is -0.263 e. The third-order valence-corrected chi connectivity index (χ3v) is 2.40. The lowest BCUT2D eigenvalue weighted by atomic mass is 10.1. The van der Waals surface area contributed by atoms with Crippen LogP contribution in [0.25, 0.3) is 0 Å². The first kappa shape index (κ1) is 17.1. The summed E-state index contributed by atoms with van der Waals surface area (Å²) in [6, 6.07) is 2.32. The molecule has 0 atom stereocenters. The molecule has 1 rings (SSSR count). The summed E-state index contributed by atoms with van der Waals surface area (Å²) in [5.74, 6) is 0. The molecule has 0 aromatic heterocycles. The van der Waals surface area contributed by atoms with Gasteiger partial charge < -0.3 is 0 Å². The van der Waals surface area contributed by atoms with Gasteiger partial charge in [0.15, 0.2) is 0 Å². The van der Waals surface area contributed by atoms with Crippen LogP contribution in [0.15, 0.2) is 23.1 Å². The minimum absolute atomic E-state index is 0.104. The molecular weight excluding hydrogens is 280 g/mol. The van der Waals surface area contributed by atoms with Crippen molar-refractivity contribution in [3.63, 3.8) is 0 Å². The van der Waals surface area contributed by atoms with Gasteiger partial charge in [-0.05, 0) is 37.2 Å². The summed E-state index contributed by atoms with van der Waals surface area (Å²) in [5.41, 5.74) is -1.70. The molecule has 0 fully saturated rings. The second-order valence-electron chi connectivity index (χ2n) is 2.90. The molecule has 1 aromatic carbocycles. The third kappa shape index (κ3) is 5.18. The molecule has 0 unspecified atom stereocenters. The zero-order valence-corrected chi connectivity index (χ0v) is 10.3. The highest BCUT2D eigenvalue weighted by Gasteiger charge is 2.32. The summed E-state index contributed by atoms with van der Waals surface area (Å²) < 4.78 is 73.9. The predicted octanol–water partition coefficient (Wildman–Crippen LogP) is 4.46. The van der Waals surface area contributed by atoms with Gasteiger partial charge in [-0.1, -0.05) is 0 Å². The van der Waals surface area contributed by atoms with E-state index in [1.165, 1.54) is 7.05 Å². The first-order valence-corrected chi connectivity index (χ1v) is 5.38. The van der Waals surface area contributed by atoms with Crippen LogP contribution in [0.1, 0.15) is 17.6 Å². The second kappa shape index (κ2) is 7.52. The van der Waals surface area contributed by atoms with Gasteiger partial charge in [0.2, 0.25) is 0 Å². The molecule has 0 saturated carbocycles. The van der Waals surface area contributed by atoms with Gasteiger partial charge in [-0.2, -0.15) is 13.2 Å². The van der Waals surface area contributed by atoms with Crippen molar-refractivity contribution in [1.82, 2.24) is 4.72 Å². The van der Waals surface area contributed by atoms with Gasteiger partial charge in [0.25, 0.3) is 6.43 Å². The Morgan fingerprint density at radius 3 is 2.06 bits per heavy atom. The van der Waals surface area contributed by atoms with Crippen LogP contribution >= 0.6 is 11.9 Å². The van der Waals surface area contributed by atoms with E-state index in [1.54, 1.807) is 0 Å². The van der Waals surface area contributed by atoms with Crippen molar-refractivity contribution >= 4 is 11.9 Å². The van der Waals surface area contributed by atoms with Gasteiger partial charge in [0.1, 0.15) is 0 Å². The quantitative estimate of drug-likeness (QED) is 0.652. The zero-order chi connectivity index (χ0) is 14.3. The fourth-order valence-electron chi connectivity index (χ4n) is 1.09. The SMILES string of the molecule is CF.CNSc1cc(C(F)F)cc(C(F)(F)F)c1. The van der Waals surface area contributed by atoms with Crippen LogP contribution in [-0.4, -0.2) is 14.2 Å². The van der Waals surface area contributed by atoms with Gasteiger partial charge in [-0.25, -0.2) is 8.78 Å². The van der Waals surface area contributed by atoms with E-state index in [2.05, 4.69) is 4.72 Å². The molecular formula is C10H11F6NS. The molecule has 1 N–H and O–H groups in total. The van der Waals surface area contributed by atoms with Crippen molar-refractivity contribution in [3.05, 3.63) is 29.3 Å². The van der Waals surface area contributed by atoms with Crippen LogP contribution in [0, 0.1) is 0 Å². The summed E-state index contributed by atoms with van der Waals surface area (Å²) in [4.78, 5) is 0.104. The van der Waals surface area contributed by atoms with E-state index in [4.69, 9.17) is 0 Å². The Kier molecular flexibility index (Phi) is 7.15. The van der Waals surface area contributed by atoms with E-state index in [-0.39, 0.29) is 4.90 Å². The molecule has 18 heavy (non-hydrogen) atoms. The number of benzene rings is 1. The van der Waals surface area contributed by atoms with Crippen LogP contribution in [-0.2, 0) is 6.18 Å². The molecule has 0 bridgehead atoms. The van der Waals surface area contributed by atoms with E-state index in [9.17, 15) is 26.3 Å². The molecule has 0 aliphatic carbocycles. The van der Waals surface area contributed by atoms with Crippen LogP contribution in [0.3, 0.4) is 0 Å². The summed E-state index contributed by atoms with van der Waals surface area (Å²) in [7, 11) is 1.99. The fourth-order valence-corrected chi connectivity index (χ4v) is 1.71. The Bertz CT molecular complexity index is 366. The van der Waals surface area contributed by atoms with Crippen molar-refractivity contribution in [1.29, 1.82) is 0 Å². The lowest BCUT2D eigenvalue weighted by molar-refractivity contribution is -0.137. The average Bonchev–Trinajstić information content (AvgIpc) is 2.30. The molecule has 104 valence electrons. The number of hydrogen-bond donors (Lipinski definition) is 1. The molecule has 0 aliphatic heterocycles. The van der Waals surface area contributed by atoms with Gasteiger partial charge in [0, 0.05) is 10.5 Å². The maximum absolute atomic E-state index is 12.4. The van der Waals surface area contributed by atoms with E-state index >= 15 is 0 Å². The first-order chi connectivity index (χ1) is 8.34. The minimum atomic E-state index is -4.62. The summed E-state index contributed by atoms with van der Waals surface area (Å²) in [6.45, 7) is 0. The van der Waals surface area contributed by atoms with E-state index in [0.29, 0.717) is 13.2 Å². The molecule has 0 aliphatic rings. The highest BCUT2D eigenvalue weighted by atomic mass is 32.2. The molecule has 0 spiro atoms. The van der Waals surface area contributed by atoms with Crippen LogP contribution in [0.5, 0.6) is 0 Å². The highest BCUT2D eigenvalue weighted by molar-refractivity contribution is 7.97. The summed E-state index contributed by atoms with van der Waals surface area (Å²) >= 11 is 0.854. The summed E-state index contributed by atoms with van der Waals surface area (Å²) in [5, 5.41) is 0. The Labute approximate surface area is 105 Å². The van der Waals surface area contributed by atoms with Crippen LogP contribution in [0.2, 0.25) is 0 Å². The van der Waals surface area contributed by atoms with Gasteiger partial charge in [-0.15, -0.1) is 0 Å². The lowest BCUT2D eigenvalue weighted by Crippen LogP contribution is -2.06. The number of nitrogens with one attached hydrogen (secondary N) is 1. The van der Waals surface area contributed by atoms with E-state index in [0.717, 1.165) is 24.1 Å². The Morgan fingerprint density at radius 2 is 1.67 bits per heavy atom. The molecule has 0 amide bonds. The zero-order valence-electron chi connectivity index (χ0n) is 9.49. The van der Waals surface area contributed by atoms with Crippen LogP contribution < -0.4 is 4.72 Å². The topological polar surface area (TPSA) is 12.0 Å². The van der Waals surface area contributed by atoms with E-state index in [1.807, 2.05) is 0 Å². The largest absolute Gasteiger partial charge is 0.416 e. The monoisotopic (exact) mass is 291 g/mol. The number of halogens is 6. The van der Waals surface area contributed by atoms with Crippen molar-refractivity contribution in [2.75, 3.05) is 14.2 Å². The normalized spacial score (nSPS) is 11.2. The van der Waals surface area contributed by atoms with Crippen molar-refractivity contribution < 1.29 is 26.3 Å². The molecule has 1 nitrogen and oxygen atoms in total. The molecule has 0 saturated heterocycles. The smallest absolute Gasteiger partial charge is 0.263 e. The van der Waals surface area contributed by atoms with Crippen molar-refractivity contribution in [2.24, 2.45) is 0 Å². The lowest BCUT2D eigenvalue weighted by Gasteiger charge is -2.11. The van der Waals surface area contributed by atoms with Gasteiger partial charge in [0.05, 0.1) is 12.7 Å². The number of alkyl halides is 6. The average molecular weight is 291 g/mol. The summed E-state index contributed by atoms with van der Waals surface area (Å²) in [6.07, 6.45) is -7.54. The fraction of sp³-hybridized carbons (Fsp3) is 0.400. The molecule has 0 heterocycles. The standard InChI is InChI=1S/C9H8F5NS.CH3F/c1-15-16-7-3-5(8(10)11)2-6(4-7)9(12,13)14;1-2/h2-4,8,15H,1H3;1H3. The number of hydrogen-bond acceptors (Lipinski definition) is 2. The molecule has 8 heteroatoms. The maximum Gasteiger partial charge on any atom is 0.416 e. The van der Waals surface area contributed by atoms with Crippen LogP contribution in [0.4, 0.5) is 26.3 Å². The predicted molar refractivity (Wildman–Crippen MR) is 58.3 cm³/mol. The molecule has 1 aromatic rings. The van der Waals surface area contributed by atoms with E-state index < -0.39 is 23.7 Å². The van der Waals surface area contributed by atoms with Crippen molar-refractivity contribution in [2.45, 2.75) is 17.5 Å². The Hall–Kier alpha value is -0.890. The number of rotatable bonds is 3. The highest BCUT2D eigenvalue weighted by Crippen LogP contribution is 2.34. The van der Waals surface area contributed by atoms with Gasteiger partial charge >= 0.3 is 6.18 Å². The van der Waals surface area contributed by atoms with Crippen molar-refractivity contribution in [3.8, 4) is 0 Å². The second-order valence-corrected chi connectivity index (χ2v) is 3.98. The Balaban J connectivity index is 0.00000137.